The van der Waals surface area contributed by atoms with Crippen LogP contribution in [0.15, 0.2) is 45.7 Å². The van der Waals surface area contributed by atoms with Gasteiger partial charge in [-0.05, 0) is 34.1 Å². The number of hydrogen-bond acceptors (Lipinski definition) is 5. The molecule has 0 amide bonds. The van der Waals surface area contributed by atoms with E-state index in [4.69, 9.17) is 10.2 Å². The van der Waals surface area contributed by atoms with Gasteiger partial charge in [0.15, 0.2) is 10.4 Å². The van der Waals surface area contributed by atoms with Crippen LogP contribution in [0.5, 0.6) is 0 Å². The Bertz CT molecular complexity index is 676. The Morgan fingerprint density at radius 2 is 2.00 bits per heavy atom. The van der Waals surface area contributed by atoms with Crippen molar-refractivity contribution in [3.8, 4) is 17.4 Å². The third-order valence-corrected chi connectivity index (χ3v) is 2.73. The van der Waals surface area contributed by atoms with Gasteiger partial charge in [0, 0.05) is 18.5 Å². The molecular weight excluding hydrogens is 298 g/mol. The van der Waals surface area contributed by atoms with Crippen LogP contribution in [0.1, 0.15) is 0 Å². The topological polar surface area (TPSA) is 82.8 Å². The smallest absolute Gasteiger partial charge is 0.252 e. The highest BCUT2D eigenvalue weighted by Crippen LogP contribution is 2.25. The van der Waals surface area contributed by atoms with Gasteiger partial charge >= 0.3 is 0 Å². The average Bonchev–Trinajstić information content (AvgIpc) is 2.97. The average molecular weight is 306 g/mol. The lowest BCUT2D eigenvalue weighted by Crippen LogP contribution is -2.05. The van der Waals surface area contributed by atoms with Gasteiger partial charge in [-0.3, -0.25) is 0 Å². The molecule has 3 aromatic heterocycles. The summed E-state index contributed by atoms with van der Waals surface area (Å²) in [6.45, 7) is 0. The predicted molar refractivity (Wildman–Crippen MR) is 69.0 cm³/mol. The van der Waals surface area contributed by atoms with E-state index in [1.807, 2.05) is 6.07 Å². The Kier molecular flexibility index (Phi) is 2.60. The van der Waals surface area contributed by atoms with Gasteiger partial charge < -0.3 is 10.2 Å². The second-order valence-corrected chi connectivity index (χ2v) is 4.30. The van der Waals surface area contributed by atoms with Crippen molar-refractivity contribution in [1.82, 2.24) is 19.7 Å². The van der Waals surface area contributed by atoms with E-state index in [9.17, 15) is 0 Å². The van der Waals surface area contributed by atoms with Gasteiger partial charge in [0.2, 0.25) is 0 Å². The first-order valence-electron chi connectivity index (χ1n) is 5.13. The van der Waals surface area contributed by atoms with E-state index in [1.54, 1.807) is 30.6 Å². The summed E-state index contributed by atoms with van der Waals surface area (Å²) in [4.78, 5) is 8.18. The van der Waals surface area contributed by atoms with Gasteiger partial charge in [-0.1, -0.05) is 0 Å². The van der Waals surface area contributed by atoms with Crippen molar-refractivity contribution in [1.29, 1.82) is 0 Å². The Hall–Kier alpha value is -2.15. The molecule has 90 valence electrons. The summed E-state index contributed by atoms with van der Waals surface area (Å²) in [7, 11) is 0. The summed E-state index contributed by atoms with van der Waals surface area (Å²) < 4.78 is 7.52. The van der Waals surface area contributed by atoms with Crippen molar-refractivity contribution in [2.75, 3.05) is 5.73 Å². The molecule has 7 heteroatoms. The predicted octanol–water partition coefficient (Wildman–Crippen LogP) is 2.27. The number of nitrogen functional groups attached to an aromatic ring is 1. The Labute approximate surface area is 111 Å². The molecule has 0 radical (unpaired) electrons. The van der Waals surface area contributed by atoms with Gasteiger partial charge in [-0.2, -0.15) is 9.78 Å². The van der Waals surface area contributed by atoms with E-state index in [0.29, 0.717) is 27.9 Å². The quantitative estimate of drug-likeness (QED) is 0.785. The Morgan fingerprint density at radius 1 is 1.22 bits per heavy atom. The molecule has 3 rings (SSSR count). The molecule has 18 heavy (non-hydrogen) atoms. The highest BCUT2D eigenvalue weighted by molar-refractivity contribution is 9.10. The Balaban J connectivity index is 2.06. The molecule has 3 heterocycles. The zero-order valence-corrected chi connectivity index (χ0v) is 10.7. The van der Waals surface area contributed by atoms with Gasteiger partial charge in [0.1, 0.15) is 11.5 Å². The normalized spacial score (nSPS) is 10.7. The molecule has 0 fully saturated rings. The van der Waals surface area contributed by atoms with Crippen LogP contribution >= 0.6 is 15.9 Å². The van der Waals surface area contributed by atoms with Crippen molar-refractivity contribution in [3.05, 3.63) is 41.3 Å². The number of rotatable bonds is 2. The zero-order valence-electron chi connectivity index (χ0n) is 9.12. The van der Waals surface area contributed by atoms with Crippen LogP contribution in [-0.4, -0.2) is 19.7 Å². The molecule has 0 saturated carbocycles. The third-order valence-electron chi connectivity index (χ3n) is 2.30. The first-order valence-corrected chi connectivity index (χ1v) is 5.92. The van der Waals surface area contributed by atoms with Crippen LogP contribution in [-0.2, 0) is 0 Å². The van der Waals surface area contributed by atoms with Crippen LogP contribution in [0.4, 0.5) is 5.82 Å². The van der Waals surface area contributed by atoms with E-state index >= 15 is 0 Å². The number of nitrogens with two attached hydrogens (primary N) is 1. The lowest BCUT2D eigenvalue weighted by molar-refractivity contribution is 0.552. The summed E-state index contributed by atoms with van der Waals surface area (Å²) in [5.74, 6) is 1.50. The van der Waals surface area contributed by atoms with E-state index < -0.39 is 0 Å². The minimum Gasteiger partial charge on any atom is -0.448 e. The molecule has 6 nitrogen and oxygen atoms in total. The van der Waals surface area contributed by atoms with E-state index in [0.717, 1.165) is 0 Å². The first kappa shape index (κ1) is 11.0. The molecule has 0 unspecified atom stereocenters. The van der Waals surface area contributed by atoms with Crippen molar-refractivity contribution in [2.24, 2.45) is 0 Å². The molecule has 0 spiro atoms. The van der Waals surface area contributed by atoms with E-state index in [2.05, 4.69) is 31.0 Å². The second kappa shape index (κ2) is 4.26. The number of halogens is 1. The Morgan fingerprint density at radius 3 is 2.67 bits per heavy atom. The molecular formula is C11H8BrN5O. The fourth-order valence-corrected chi connectivity index (χ4v) is 1.84. The van der Waals surface area contributed by atoms with Gasteiger partial charge in [-0.25, -0.2) is 9.97 Å². The molecule has 0 aliphatic rings. The summed E-state index contributed by atoms with van der Waals surface area (Å²) in [5.41, 5.74) is 6.51. The largest absolute Gasteiger partial charge is 0.448 e. The second-order valence-electron chi connectivity index (χ2n) is 3.52. The lowest BCUT2D eigenvalue weighted by Gasteiger charge is -1.99. The fraction of sp³-hybridized carbons (Fsp3) is 0. The number of aromatic nitrogens is 4. The third kappa shape index (κ3) is 1.88. The van der Waals surface area contributed by atoms with Crippen molar-refractivity contribution in [2.45, 2.75) is 0 Å². The summed E-state index contributed by atoms with van der Waals surface area (Å²) >= 11 is 3.24. The van der Waals surface area contributed by atoms with Crippen LogP contribution in [0.2, 0.25) is 0 Å². The highest BCUT2D eigenvalue weighted by atomic mass is 79.9. The van der Waals surface area contributed by atoms with Gasteiger partial charge in [0.25, 0.3) is 5.95 Å². The number of anilines is 1. The highest BCUT2D eigenvalue weighted by Gasteiger charge is 2.12. The molecule has 2 N–H and O–H groups in total. The van der Waals surface area contributed by atoms with E-state index in [1.165, 1.54) is 4.68 Å². The number of nitrogens with zero attached hydrogens (tertiary/aromatic N) is 4. The van der Waals surface area contributed by atoms with Crippen LogP contribution in [0, 0.1) is 0 Å². The molecule has 0 aliphatic carbocycles. The van der Waals surface area contributed by atoms with Gasteiger partial charge in [-0.15, -0.1) is 0 Å². The maximum atomic E-state index is 5.88. The first-order chi connectivity index (χ1) is 8.74. The molecule has 0 aliphatic heterocycles. The molecule has 0 saturated heterocycles. The SMILES string of the molecule is Nc1cc(-c2ccc(Br)o2)nn1-c1ncccn1. The summed E-state index contributed by atoms with van der Waals surface area (Å²) in [6.07, 6.45) is 3.26. The zero-order chi connectivity index (χ0) is 12.5. The monoisotopic (exact) mass is 305 g/mol. The van der Waals surface area contributed by atoms with Crippen molar-refractivity contribution < 1.29 is 4.42 Å². The van der Waals surface area contributed by atoms with Crippen molar-refractivity contribution in [3.63, 3.8) is 0 Å². The standard InChI is InChI=1S/C11H8BrN5O/c12-9-3-2-8(18-9)7-6-10(13)17(16-7)11-14-4-1-5-15-11/h1-6H,13H2. The molecule has 3 aromatic rings. The minimum atomic E-state index is 0.423. The number of hydrogen-bond donors (Lipinski definition) is 1. The van der Waals surface area contributed by atoms with Crippen molar-refractivity contribution >= 4 is 21.7 Å². The maximum Gasteiger partial charge on any atom is 0.252 e. The summed E-state index contributed by atoms with van der Waals surface area (Å²) in [6, 6.07) is 7.04. The van der Waals surface area contributed by atoms with Crippen LogP contribution in [0.25, 0.3) is 17.4 Å². The number of furan rings is 1. The lowest BCUT2D eigenvalue weighted by atomic mass is 10.3. The summed E-state index contributed by atoms with van der Waals surface area (Å²) in [5, 5.41) is 4.32. The maximum absolute atomic E-state index is 5.88. The minimum absolute atomic E-state index is 0.423. The van der Waals surface area contributed by atoms with Gasteiger partial charge in [0.05, 0.1) is 0 Å². The van der Waals surface area contributed by atoms with Crippen LogP contribution < -0.4 is 5.73 Å². The van der Waals surface area contributed by atoms with E-state index in [-0.39, 0.29) is 0 Å². The van der Waals surface area contributed by atoms with Crippen LogP contribution in [0.3, 0.4) is 0 Å². The molecule has 0 aromatic carbocycles. The molecule has 0 atom stereocenters. The molecule has 0 bridgehead atoms. The fourth-order valence-electron chi connectivity index (χ4n) is 1.53.